The maximum Gasteiger partial charge on any atom is 0.326 e. The molecular weight excluding hydrogens is 508 g/mol. The van der Waals surface area contributed by atoms with Gasteiger partial charge in [-0.25, -0.2) is 4.79 Å². The van der Waals surface area contributed by atoms with Crippen LogP contribution in [0.15, 0.2) is 30.5 Å². The van der Waals surface area contributed by atoms with Crippen molar-refractivity contribution in [3.8, 4) is 0 Å². The number of carbonyl (C=O) groups excluding carboxylic acids is 4. The molecule has 4 amide bonds. The number of carboxylic acids is 1. The van der Waals surface area contributed by atoms with Gasteiger partial charge in [0.1, 0.15) is 24.2 Å². The summed E-state index contributed by atoms with van der Waals surface area (Å²) in [6.07, 6.45) is 0.575. The molecule has 39 heavy (non-hydrogen) atoms. The van der Waals surface area contributed by atoms with Gasteiger partial charge in [0.05, 0.1) is 6.10 Å². The summed E-state index contributed by atoms with van der Waals surface area (Å²) in [5, 5.41) is 27.6. The molecule has 13 heteroatoms. The van der Waals surface area contributed by atoms with Crippen LogP contribution >= 0.6 is 0 Å². The van der Waals surface area contributed by atoms with Gasteiger partial charge in [-0.05, 0) is 30.9 Å². The molecule has 10 N–H and O–H groups in total. The van der Waals surface area contributed by atoms with Gasteiger partial charge in [-0.1, -0.05) is 38.5 Å². The van der Waals surface area contributed by atoms with E-state index in [9.17, 15) is 34.2 Å². The molecular formula is C26H38N6O7. The number of nitrogens with two attached hydrogens (primary N) is 2. The highest BCUT2D eigenvalue weighted by Crippen LogP contribution is 2.20. The van der Waals surface area contributed by atoms with Crippen molar-refractivity contribution in [2.75, 3.05) is 0 Å². The smallest absolute Gasteiger partial charge is 0.326 e. The molecule has 0 aliphatic heterocycles. The first-order valence-corrected chi connectivity index (χ1v) is 12.8. The summed E-state index contributed by atoms with van der Waals surface area (Å²) >= 11 is 0. The second-order valence-electron chi connectivity index (χ2n) is 9.67. The third-order valence-corrected chi connectivity index (χ3v) is 6.64. The predicted octanol–water partition coefficient (Wildman–Crippen LogP) is -0.731. The molecule has 0 aliphatic carbocycles. The zero-order chi connectivity index (χ0) is 29.3. The zero-order valence-corrected chi connectivity index (χ0v) is 22.3. The Morgan fingerprint density at radius 1 is 0.974 bits per heavy atom. The largest absolute Gasteiger partial charge is 0.480 e. The van der Waals surface area contributed by atoms with Crippen molar-refractivity contribution in [2.45, 2.75) is 76.7 Å². The number of amides is 4. The highest BCUT2D eigenvalue weighted by molar-refractivity contribution is 5.95. The van der Waals surface area contributed by atoms with Gasteiger partial charge in [0, 0.05) is 29.9 Å². The third-order valence-electron chi connectivity index (χ3n) is 6.64. The number of aromatic amines is 1. The van der Waals surface area contributed by atoms with E-state index in [2.05, 4.69) is 20.9 Å². The van der Waals surface area contributed by atoms with Crippen LogP contribution in [0.3, 0.4) is 0 Å². The molecule has 6 unspecified atom stereocenters. The minimum atomic E-state index is -1.39. The highest BCUT2D eigenvalue weighted by Gasteiger charge is 2.33. The van der Waals surface area contributed by atoms with Gasteiger partial charge in [-0.3, -0.25) is 19.2 Å². The van der Waals surface area contributed by atoms with Crippen LogP contribution < -0.4 is 27.4 Å². The number of rotatable bonds is 15. The van der Waals surface area contributed by atoms with Gasteiger partial charge < -0.3 is 42.6 Å². The Morgan fingerprint density at radius 2 is 1.62 bits per heavy atom. The SMILES string of the molecule is CCC(C)C(NC(=O)C(Cc1c[nH]c2ccccc12)NC(=O)C(N)C(C)O)C(=O)NC(CCC(N)=O)C(=O)O. The van der Waals surface area contributed by atoms with Gasteiger partial charge in [0.15, 0.2) is 0 Å². The topological polar surface area (TPSA) is 230 Å². The molecule has 0 saturated carbocycles. The number of aromatic nitrogens is 1. The molecule has 1 aromatic carbocycles. The van der Waals surface area contributed by atoms with E-state index in [1.807, 2.05) is 24.3 Å². The van der Waals surface area contributed by atoms with Crippen LogP contribution in [0.1, 0.15) is 45.6 Å². The number of benzene rings is 1. The average molecular weight is 547 g/mol. The molecule has 2 aromatic rings. The Bertz CT molecular complexity index is 1180. The first-order valence-electron chi connectivity index (χ1n) is 12.8. The molecule has 1 heterocycles. The standard InChI is InChI=1S/C26H38N6O7/c1-4-13(2)22(25(37)30-18(26(38)39)9-10-20(27)34)32-23(35)19(31-24(36)21(28)14(3)33)11-15-12-29-17-8-6-5-7-16(15)17/h5-8,12-14,18-19,21-22,29,33H,4,9-11,28H2,1-3H3,(H2,27,34)(H,30,37)(H,31,36)(H,32,35)(H,38,39). The fourth-order valence-corrected chi connectivity index (χ4v) is 3.98. The molecule has 0 radical (unpaired) electrons. The van der Waals surface area contributed by atoms with Crippen LogP contribution in [0.4, 0.5) is 0 Å². The summed E-state index contributed by atoms with van der Waals surface area (Å²) in [4.78, 5) is 65.2. The Hall–Kier alpha value is -3.97. The lowest BCUT2D eigenvalue weighted by Gasteiger charge is -2.28. The number of aliphatic carboxylic acids is 1. The van der Waals surface area contributed by atoms with Crippen LogP contribution in [-0.2, 0) is 30.4 Å². The minimum Gasteiger partial charge on any atom is -0.480 e. The number of H-pyrrole nitrogens is 1. The number of aliphatic hydroxyl groups is 1. The second kappa shape index (κ2) is 14.3. The van der Waals surface area contributed by atoms with E-state index in [0.717, 1.165) is 16.5 Å². The quantitative estimate of drug-likeness (QED) is 0.142. The number of carboxylic acid groups (broad SMARTS) is 1. The summed E-state index contributed by atoms with van der Waals surface area (Å²) in [5.74, 6) is -4.69. The van der Waals surface area contributed by atoms with Crippen molar-refractivity contribution in [1.29, 1.82) is 0 Å². The Kier molecular flexibility index (Phi) is 11.4. The number of carbonyl (C=O) groups is 5. The van der Waals surface area contributed by atoms with E-state index in [4.69, 9.17) is 11.5 Å². The molecule has 2 rings (SSSR count). The van der Waals surface area contributed by atoms with Gasteiger partial charge in [0.25, 0.3) is 0 Å². The van der Waals surface area contributed by atoms with Crippen LogP contribution in [0.5, 0.6) is 0 Å². The number of hydrogen-bond donors (Lipinski definition) is 8. The normalized spacial score (nSPS) is 15.8. The minimum absolute atomic E-state index is 0.0410. The summed E-state index contributed by atoms with van der Waals surface area (Å²) in [6.45, 7) is 4.85. The lowest BCUT2D eigenvalue weighted by atomic mass is 9.96. The second-order valence-corrected chi connectivity index (χ2v) is 9.67. The monoisotopic (exact) mass is 546 g/mol. The molecule has 0 bridgehead atoms. The van der Waals surface area contributed by atoms with Crippen molar-refractivity contribution in [3.63, 3.8) is 0 Å². The van der Waals surface area contributed by atoms with Crippen LogP contribution in [0.2, 0.25) is 0 Å². The van der Waals surface area contributed by atoms with E-state index in [1.54, 1.807) is 20.0 Å². The average Bonchev–Trinajstić information content (AvgIpc) is 3.30. The molecule has 0 aliphatic rings. The number of nitrogens with one attached hydrogen (secondary N) is 4. The van der Waals surface area contributed by atoms with Gasteiger partial charge in [0.2, 0.25) is 23.6 Å². The molecule has 0 fully saturated rings. The summed E-state index contributed by atoms with van der Waals surface area (Å²) < 4.78 is 0. The van der Waals surface area contributed by atoms with Gasteiger partial charge in [-0.2, -0.15) is 0 Å². The number of fused-ring (bicyclic) bond motifs is 1. The molecule has 0 spiro atoms. The van der Waals surface area contributed by atoms with Gasteiger partial charge in [-0.15, -0.1) is 0 Å². The Balaban J connectivity index is 2.31. The van der Waals surface area contributed by atoms with Gasteiger partial charge >= 0.3 is 5.97 Å². The lowest BCUT2D eigenvalue weighted by Crippen LogP contribution is -2.59. The van der Waals surface area contributed by atoms with Crippen molar-refractivity contribution in [2.24, 2.45) is 17.4 Å². The van der Waals surface area contributed by atoms with E-state index in [-0.39, 0.29) is 19.3 Å². The van der Waals surface area contributed by atoms with E-state index >= 15 is 0 Å². The summed E-state index contributed by atoms with van der Waals surface area (Å²) in [6, 6.07) is 2.38. The molecule has 214 valence electrons. The Labute approximate surface area is 226 Å². The molecule has 6 atom stereocenters. The number of aliphatic hydroxyl groups excluding tert-OH is 1. The highest BCUT2D eigenvalue weighted by atomic mass is 16.4. The molecule has 0 saturated heterocycles. The van der Waals surface area contributed by atoms with Crippen LogP contribution in [-0.4, -0.2) is 75.1 Å². The zero-order valence-electron chi connectivity index (χ0n) is 22.3. The van der Waals surface area contributed by atoms with E-state index in [0.29, 0.717) is 6.42 Å². The molecule has 13 nitrogen and oxygen atoms in total. The van der Waals surface area contributed by atoms with E-state index in [1.165, 1.54) is 6.92 Å². The number of primary amides is 1. The first kappa shape index (κ1) is 31.2. The predicted molar refractivity (Wildman–Crippen MR) is 143 cm³/mol. The fraction of sp³-hybridized carbons (Fsp3) is 0.500. The number of hydrogen-bond acceptors (Lipinski definition) is 7. The third kappa shape index (κ3) is 8.79. The Morgan fingerprint density at radius 3 is 2.21 bits per heavy atom. The van der Waals surface area contributed by atoms with Crippen LogP contribution in [0, 0.1) is 5.92 Å². The van der Waals surface area contributed by atoms with Crippen molar-refractivity contribution in [3.05, 3.63) is 36.0 Å². The van der Waals surface area contributed by atoms with Crippen LogP contribution in [0.25, 0.3) is 10.9 Å². The van der Waals surface area contributed by atoms with Crippen molar-refractivity contribution in [1.82, 2.24) is 20.9 Å². The molecule has 1 aromatic heterocycles. The van der Waals surface area contributed by atoms with E-state index < -0.39 is 65.8 Å². The number of para-hydroxylation sites is 1. The van der Waals surface area contributed by atoms with Crippen molar-refractivity contribution < 1.29 is 34.2 Å². The summed E-state index contributed by atoms with van der Waals surface area (Å²) in [5.41, 5.74) is 12.4. The lowest BCUT2D eigenvalue weighted by molar-refractivity contribution is -0.143. The first-order chi connectivity index (χ1) is 18.3. The van der Waals surface area contributed by atoms with Crippen molar-refractivity contribution >= 4 is 40.5 Å². The maximum absolute atomic E-state index is 13.5. The summed E-state index contributed by atoms with van der Waals surface area (Å²) in [7, 11) is 0. The fourth-order valence-electron chi connectivity index (χ4n) is 3.98. The maximum atomic E-state index is 13.5.